The van der Waals surface area contributed by atoms with Crippen LogP contribution in [0, 0.1) is 0 Å². The molecule has 0 aliphatic heterocycles. The summed E-state index contributed by atoms with van der Waals surface area (Å²) in [6.45, 7) is -0.533. The van der Waals surface area contributed by atoms with E-state index in [1.54, 1.807) is 24.3 Å². The lowest BCUT2D eigenvalue weighted by atomic mass is 10.2. The molecule has 12 heteroatoms. The summed E-state index contributed by atoms with van der Waals surface area (Å²) >= 11 is 0. The van der Waals surface area contributed by atoms with E-state index in [0.717, 1.165) is 10.6 Å². The second-order valence-corrected chi connectivity index (χ2v) is 8.47. The lowest BCUT2D eigenvalue weighted by Crippen LogP contribution is -2.39. The topological polar surface area (TPSA) is 125 Å². The summed E-state index contributed by atoms with van der Waals surface area (Å²) in [4.78, 5) is 12.5. The van der Waals surface area contributed by atoms with Gasteiger partial charge in [0, 0.05) is 11.6 Å². The number of hydrazone groups is 1. The van der Waals surface area contributed by atoms with Gasteiger partial charge in [-0.1, -0.05) is 0 Å². The number of carbonyl (C=O) groups is 1. The van der Waals surface area contributed by atoms with Crippen molar-refractivity contribution in [2.24, 2.45) is 5.10 Å². The van der Waals surface area contributed by atoms with Crippen LogP contribution in [0.4, 0.5) is 5.69 Å². The molecule has 0 unspecified atom stereocenters. The van der Waals surface area contributed by atoms with Crippen molar-refractivity contribution >= 4 is 27.8 Å². The maximum absolute atomic E-state index is 12.5. The first-order valence-electron chi connectivity index (χ1n) is 9.50. The summed E-state index contributed by atoms with van der Waals surface area (Å²) in [5.41, 5.74) is 3.02. The zero-order valence-corrected chi connectivity index (χ0v) is 20.1. The fraction of sp³-hybridized carbons (Fsp3) is 0.333. The summed E-state index contributed by atoms with van der Waals surface area (Å²) in [5.74, 6) is 1.23. The van der Waals surface area contributed by atoms with Gasteiger partial charge in [0.2, 0.25) is 15.8 Å². The number of sulfonamides is 1. The van der Waals surface area contributed by atoms with E-state index in [2.05, 4.69) is 10.5 Å². The second-order valence-electron chi connectivity index (χ2n) is 6.56. The lowest BCUT2D eigenvalue weighted by Gasteiger charge is -2.23. The van der Waals surface area contributed by atoms with Gasteiger partial charge >= 0.3 is 0 Å². The smallest absolute Gasteiger partial charge is 0.260 e. The van der Waals surface area contributed by atoms with Crippen LogP contribution >= 0.6 is 0 Å². The minimum Gasteiger partial charge on any atom is -0.497 e. The Balaban J connectivity index is 2.24. The Morgan fingerprint density at radius 1 is 0.939 bits per heavy atom. The second kappa shape index (κ2) is 11.3. The highest BCUT2D eigenvalue weighted by Gasteiger charge is 2.24. The third-order valence-corrected chi connectivity index (χ3v) is 5.56. The molecule has 1 amide bonds. The quantitative estimate of drug-likeness (QED) is 0.379. The summed E-state index contributed by atoms with van der Waals surface area (Å²) < 4.78 is 51.9. The Kier molecular flexibility index (Phi) is 8.74. The van der Waals surface area contributed by atoms with E-state index in [1.807, 2.05) is 0 Å². The third-order valence-electron chi connectivity index (χ3n) is 4.43. The van der Waals surface area contributed by atoms with Crippen LogP contribution in [-0.2, 0) is 14.8 Å². The molecule has 33 heavy (non-hydrogen) atoms. The molecule has 2 rings (SSSR count). The summed E-state index contributed by atoms with van der Waals surface area (Å²) in [6.07, 6.45) is 2.34. The fourth-order valence-electron chi connectivity index (χ4n) is 2.89. The molecule has 0 aromatic heterocycles. The molecule has 1 N–H and O–H groups in total. The van der Waals surface area contributed by atoms with E-state index in [4.69, 9.17) is 23.7 Å². The Bertz CT molecular complexity index is 1090. The van der Waals surface area contributed by atoms with Gasteiger partial charge in [0.15, 0.2) is 11.5 Å². The first kappa shape index (κ1) is 25.6. The molecule has 0 aliphatic rings. The zero-order valence-electron chi connectivity index (χ0n) is 19.2. The predicted octanol–water partition coefficient (Wildman–Crippen LogP) is 1.65. The van der Waals surface area contributed by atoms with Crippen molar-refractivity contribution < 1.29 is 36.9 Å². The van der Waals surface area contributed by atoms with E-state index in [1.165, 1.54) is 47.8 Å². The van der Waals surface area contributed by atoms with Gasteiger partial charge in [0.25, 0.3) is 5.91 Å². The monoisotopic (exact) mass is 481 g/mol. The van der Waals surface area contributed by atoms with Gasteiger partial charge in [-0.05, 0) is 24.3 Å². The summed E-state index contributed by atoms with van der Waals surface area (Å²) in [7, 11) is 3.45. The number of amides is 1. The van der Waals surface area contributed by atoms with Gasteiger partial charge in [0.1, 0.15) is 18.0 Å². The van der Waals surface area contributed by atoms with Crippen molar-refractivity contribution in [1.29, 1.82) is 0 Å². The van der Waals surface area contributed by atoms with Gasteiger partial charge in [-0.15, -0.1) is 0 Å². The van der Waals surface area contributed by atoms with E-state index in [-0.39, 0.29) is 11.4 Å². The molecule has 0 fully saturated rings. The number of hydrogen-bond acceptors (Lipinski definition) is 9. The highest BCUT2D eigenvalue weighted by molar-refractivity contribution is 7.92. The van der Waals surface area contributed by atoms with Gasteiger partial charge in [-0.3, -0.25) is 9.10 Å². The zero-order chi connectivity index (χ0) is 24.6. The largest absolute Gasteiger partial charge is 0.497 e. The molecule has 0 heterocycles. The van der Waals surface area contributed by atoms with Crippen molar-refractivity contribution in [2.75, 3.05) is 52.7 Å². The Labute approximate surface area is 192 Å². The molecule has 0 saturated heterocycles. The third kappa shape index (κ3) is 6.42. The van der Waals surface area contributed by atoms with Gasteiger partial charge in [-0.25, -0.2) is 13.8 Å². The normalized spacial score (nSPS) is 11.1. The number of carbonyl (C=O) groups excluding carboxylic acids is 1. The average molecular weight is 482 g/mol. The van der Waals surface area contributed by atoms with Gasteiger partial charge in [-0.2, -0.15) is 5.10 Å². The van der Waals surface area contributed by atoms with Crippen molar-refractivity contribution in [3.8, 4) is 28.7 Å². The van der Waals surface area contributed by atoms with Crippen LogP contribution in [0.5, 0.6) is 28.7 Å². The molecule has 2 aromatic carbocycles. The lowest BCUT2D eigenvalue weighted by molar-refractivity contribution is -0.119. The van der Waals surface area contributed by atoms with Crippen LogP contribution in [-0.4, -0.2) is 68.9 Å². The molecule has 0 atom stereocenters. The minimum absolute atomic E-state index is 0.156. The standard InChI is InChI=1S/C21H27N3O8S/c1-28-15-7-8-17(29-2)16(11-15)24(33(6,26)27)13-20(25)23-22-12-14-9-18(30-3)21(32-5)19(10-14)31-4/h7-12H,13H2,1-6H3,(H,23,25)/b22-12-. The fourth-order valence-corrected chi connectivity index (χ4v) is 3.74. The van der Waals surface area contributed by atoms with Crippen molar-refractivity contribution in [3.05, 3.63) is 35.9 Å². The number of methoxy groups -OCH3 is 5. The highest BCUT2D eigenvalue weighted by atomic mass is 32.2. The number of hydrogen-bond donors (Lipinski definition) is 1. The Morgan fingerprint density at radius 3 is 2.03 bits per heavy atom. The van der Waals surface area contributed by atoms with E-state index in [9.17, 15) is 13.2 Å². The molecular formula is C21H27N3O8S. The molecule has 11 nitrogen and oxygen atoms in total. The average Bonchev–Trinajstić information content (AvgIpc) is 2.80. The van der Waals surface area contributed by atoms with Crippen LogP contribution in [0.25, 0.3) is 0 Å². The van der Waals surface area contributed by atoms with Gasteiger partial charge < -0.3 is 23.7 Å². The number of benzene rings is 2. The Morgan fingerprint density at radius 2 is 1.55 bits per heavy atom. The molecule has 2 aromatic rings. The van der Waals surface area contributed by atoms with Crippen molar-refractivity contribution in [2.45, 2.75) is 0 Å². The maximum Gasteiger partial charge on any atom is 0.260 e. The molecule has 180 valence electrons. The SMILES string of the molecule is COc1ccc(OC)c(N(CC(=O)N/N=C\c2cc(OC)c(OC)c(OC)c2)S(C)(=O)=O)c1. The first-order chi connectivity index (χ1) is 15.7. The first-order valence-corrected chi connectivity index (χ1v) is 11.3. The molecule has 0 radical (unpaired) electrons. The van der Waals surface area contributed by atoms with Crippen molar-refractivity contribution in [3.63, 3.8) is 0 Å². The molecule has 0 aliphatic carbocycles. The van der Waals surface area contributed by atoms with Crippen molar-refractivity contribution in [1.82, 2.24) is 5.43 Å². The van der Waals surface area contributed by atoms with Crippen LogP contribution in [0.3, 0.4) is 0 Å². The summed E-state index contributed by atoms with van der Waals surface area (Å²) in [5, 5.41) is 3.90. The molecule has 0 spiro atoms. The molecule has 0 saturated carbocycles. The predicted molar refractivity (Wildman–Crippen MR) is 124 cm³/mol. The summed E-state index contributed by atoms with van der Waals surface area (Å²) in [6, 6.07) is 7.91. The number of nitrogens with zero attached hydrogens (tertiary/aromatic N) is 2. The van der Waals surface area contributed by atoms with Crippen LogP contribution < -0.4 is 33.4 Å². The molecule has 0 bridgehead atoms. The number of anilines is 1. The van der Waals surface area contributed by atoms with Crippen LogP contribution in [0.2, 0.25) is 0 Å². The van der Waals surface area contributed by atoms with Crippen LogP contribution in [0.1, 0.15) is 5.56 Å². The van der Waals surface area contributed by atoms with E-state index in [0.29, 0.717) is 28.6 Å². The van der Waals surface area contributed by atoms with Crippen LogP contribution in [0.15, 0.2) is 35.4 Å². The number of rotatable bonds is 11. The number of ether oxygens (including phenoxy) is 5. The van der Waals surface area contributed by atoms with E-state index < -0.39 is 22.5 Å². The maximum atomic E-state index is 12.5. The Hall–Kier alpha value is -3.67. The number of nitrogens with one attached hydrogen (secondary N) is 1. The van der Waals surface area contributed by atoms with E-state index >= 15 is 0 Å². The minimum atomic E-state index is -3.84. The van der Waals surface area contributed by atoms with Gasteiger partial charge in [0.05, 0.1) is 53.7 Å². The molecular weight excluding hydrogens is 454 g/mol. The highest BCUT2D eigenvalue weighted by Crippen LogP contribution is 2.37.